The number of hydrogen-bond donors (Lipinski definition) is 2. The summed E-state index contributed by atoms with van der Waals surface area (Å²) in [7, 11) is 0. The minimum Gasteiger partial charge on any atom is -0.398 e. The molecule has 0 unspecified atom stereocenters. The van der Waals surface area contributed by atoms with Gasteiger partial charge in [-0.3, -0.25) is 5.10 Å². The first-order valence-corrected chi connectivity index (χ1v) is 5.40. The van der Waals surface area contributed by atoms with E-state index in [9.17, 15) is 0 Å². The van der Waals surface area contributed by atoms with Gasteiger partial charge in [-0.05, 0) is 43.3 Å². The molecule has 0 spiro atoms. The number of nitrogens with zero attached hydrogens (tertiary/aromatic N) is 2. The fourth-order valence-electron chi connectivity index (χ4n) is 1.20. The predicted molar refractivity (Wildman–Crippen MR) is 60.8 cm³/mol. The van der Waals surface area contributed by atoms with Crippen LogP contribution in [0, 0.1) is 13.8 Å². The van der Waals surface area contributed by atoms with Crippen molar-refractivity contribution in [2.24, 2.45) is 0 Å². The molecule has 0 aliphatic rings. The van der Waals surface area contributed by atoms with Gasteiger partial charge >= 0.3 is 0 Å². The van der Waals surface area contributed by atoms with Crippen LogP contribution in [0.5, 0.6) is 0 Å². The van der Waals surface area contributed by atoms with Crippen LogP contribution in [0.1, 0.15) is 11.4 Å². The van der Waals surface area contributed by atoms with E-state index >= 15 is 0 Å². The summed E-state index contributed by atoms with van der Waals surface area (Å²) >= 11 is 1.47. The molecule has 0 saturated carbocycles. The molecule has 0 fully saturated rings. The van der Waals surface area contributed by atoms with Crippen molar-refractivity contribution < 1.29 is 0 Å². The van der Waals surface area contributed by atoms with Crippen molar-refractivity contribution in [3.05, 3.63) is 29.6 Å². The summed E-state index contributed by atoms with van der Waals surface area (Å²) in [6.07, 6.45) is 0. The van der Waals surface area contributed by atoms with Gasteiger partial charge in [0.15, 0.2) is 0 Å². The van der Waals surface area contributed by atoms with Crippen molar-refractivity contribution in [2.45, 2.75) is 23.9 Å². The molecule has 0 aliphatic heterocycles. The molecular formula is C10H12N4S. The molecule has 2 rings (SSSR count). The van der Waals surface area contributed by atoms with E-state index in [0.717, 1.165) is 16.4 Å². The molecule has 0 bridgehead atoms. The first-order valence-electron chi connectivity index (χ1n) is 4.58. The predicted octanol–water partition coefficient (Wildman–Crippen LogP) is 2.15. The van der Waals surface area contributed by atoms with Crippen LogP contribution >= 0.6 is 11.8 Å². The Morgan fingerprint density at radius 1 is 1.33 bits per heavy atom. The maximum Gasteiger partial charge on any atom is 0.213 e. The van der Waals surface area contributed by atoms with E-state index in [0.29, 0.717) is 5.16 Å². The summed E-state index contributed by atoms with van der Waals surface area (Å²) in [4.78, 5) is 5.21. The molecule has 1 aromatic heterocycles. The van der Waals surface area contributed by atoms with Crippen molar-refractivity contribution >= 4 is 17.4 Å². The van der Waals surface area contributed by atoms with Crippen LogP contribution < -0.4 is 5.73 Å². The molecule has 5 heteroatoms. The smallest absolute Gasteiger partial charge is 0.213 e. The number of nitrogens with one attached hydrogen (secondary N) is 1. The number of nitrogen functional groups attached to an aromatic ring is 1. The fourth-order valence-corrected chi connectivity index (χ4v) is 2.10. The zero-order valence-electron chi connectivity index (χ0n) is 8.61. The number of aryl methyl sites for hydroxylation is 2. The highest BCUT2D eigenvalue weighted by molar-refractivity contribution is 7.99. The number of anilines is 1. The van der Waals surface area contributed by atoms with E-state index in [-0.39, 0.29) is 0 Å². The summed E-state index contributed by atoms with van der Waals surface area (Å²) in [5.74, 6) is 0.809. The third kappa shape index (κ3) is 2.30. The number of hydrogen-bond acceptors (Lipinski definition) is 4. The van der Waals surface area contributed by atoms with E-state index in [1.165, 1.54) is 17.3 Å². The molecule has 0 radical (unpaired) electrons. The highest BCUT2D eigenvalue weighted by Gasteiger charge is 2.05. The Kier molecular flexibility index (Phi) is 2.64. The number of rotatable bonds is 2. The Hall–Kier alpha value is -1.49. The van der Waals surface area contributed by atoms with Gasteiger partial charge in [-0.1, -0.05) is 6.07 Å². The standard InChI is InChI=1S/C10H12N4S/c1-6-3-4-8(11)9(5-6)15-10-12-7(2)13-14-10/h3-5H,11H2,1-2H3,(H,12,13,14). The van der Waals surface area contributed by atoms with Crippen LogP contribution in [0.15, 0.2) is 28.3 Å². The average Bonchev–Trinajstić information content (AvgIpc) is 2.58. The van der Waals surface area contributed by atoms with E-state index in [4.69, 9.17) is 5.73 Å². The van der Waals surface area contributed by atoms with Crippen LogP contribution in [0.3, 0.4) is 0 Å². The summed E-state index contributed by atoms with van der Waals surface area (Å²) < 4.78 is 0. The Bertz CT molecular complexity index is 478. The second-order valence-electron chi connectivity index (χ2n) is 3.35. The number of H-pyrrole nitrogens is 1. The van der Waals surface area contributed by atoms with E-state index in [1.807, 2.05) is 32.0 Å². The lowest BCUT2D eigenvalue weighted by atomic mass is 10.2. The van der Waals surface area contributed by atoms with Crippen molar-refractivity contribution in [1.82, 2.24) is 15.2 Å². The summed E-state index contributed by atoms with van der Waals surface area (Å²) in [5, 5.41) is 7.55. The van der Waals surface area contributed by atoms with Crippen LogP contribution in [0.4, 0.5) is 5.69 Å². The fraction of sp³-hybridized carbons (Fsp3) is 0.200. The third-order valence-corrected chi connectivity index (χ3v) is 2.89. The molecule has 4 nitrogen and oxygen atoms in total. The summed E-state index contributed by atoms with van der Waals surface area (Å²) in [6.45, 7) is 3.91. The zero-order chi connectivity index (χ0) is 10.8. The van der Waals surface area contributed by atoms with E-state index < -0.39 is 0 Å². The minimum atomic E-state index is 0.699. The first-order chi connectivity index (χ1) is 7.15. The number of nitrogens with two attached hydrogens (primary N) is 1. The molecule has 0 saturated heterocycles. The zero-order valence-corrected chi connectivity index (χ0v) is 9.43. The van der Waals surface area contributed by atoms with Crippen molar-refractivity contribution in [3.8, 4) is 0 Å². The molecule has 78 valence electrons. The lowest BCUT2D eigenvalue weighted by molar-refractivity contribution is 0.969. The normalized spacial score (nSPS) is 10.5. The Balaban J connectivity index is 2.27. The molecule has 1 heterocycles. The van der Waals surface area contributed by atoms with E-state index in [1.54, 1.807) is 0 Å². The molecule has 0 amide bonds. The van der Waals surface area contributed by atoms with Crippen molar-refractivity contribution in [1.29, 1.82) is 0 Å². The highest BCUT2D eigenvalue weighted by Crippen LogP contribution is 2.30. The highest BCUT2D eigenvalue weighted by atomic mass is 32.2. The van der Waals surface area contributed by atoms with Gasteiger partial charge in [0, 0.05) is 10.6 Å². The van der Waals surface area contributed by atoms with Crippen LogP contribution in [0.2, 0.25) is 0 Å². The number of aromatic amines is 1. The monoisotopic (exact) mass is 220 g/mol. The number of aromatic nitrogens is 3. The van der Waals surface area contributed by atoms with Crippen LogP contribution in [0.25, 0.3) is 0 Å². The van der Waals surface area contributed by atoms with Gasteiger partial charge in [0.2, 0.25) is 5.16 Å². The lowest BCUT2D eigenvalue weighted by Crippen LogP contribution is -1.89. The van der Waals surface area contributed by atoms with E-state index in [2.05, 4.69) is 15.2 Å². The van der Waals surface area contributed by atoms with Crippen LogP contribution in [-0.2, 0) is 0 Å². The molecule has 15 heavy (non-hydrogen) atoms. The SMILES string of the molecule is Cc1ccc(N)c(Sc2n[nH]c(C)n2)c1. The van der Waals surface area contributed by atoms with Gasteiger partial charge in [0.05, 0.1) is 0 Å². The van der Waals surface area contributed by atoms with Gasteiger partial charge in [-0.2, -0.15) is 0 Å². The van der Waals surface area contributed by atoms with Crippen molar-refractivity contribution in [3.63, 3.8) is 0 Å². The molecular weight excluding hydrogens is 208 g/mol. The Morgan fingerprint density at radius 3 is 2.80 bits per heavy atom. The van der Waals surface area contributed by atoms with Gasteiger partial charge < -0.3 is 5.73 Å². The second kappa shape index (κ2) is 3.94. The Morgan fingerprint density at radius 2 is 2.13 bits per heavy atom. The van der Waals surface area contributed by atoms with Crippen molar-refractivity contribution in [2.75, 3.05) is 5.73 Å². The maximum atomic E-state index is 5.86. The summed E-state index contributed by atoms with van der Waals surface area (Å²) in [5.41, 5.74) is 7.79. The lowest BCUT2D eigenvalue weighted by Gasteiger charge is -2.03. The largest absolute Gasteiger partial charge is 0.398 e. The molecule has 0 aliphatic carbocycles. The topological polar surface area (TPSA) is 67.6 Å². The first kappa shape index (κ1) is 10.0. The van der Waals surface area contributed by atoms with Crippen LogP contribution in [-0.4, -0.2) is 15.2 Å². The Labute approximate surface area is 92.3 Å². The summed E-state index contributed by atoms with van der Waals surface area (Å²) in [6, 6.07) is 5.92. The number of benzene rings is 1. The molecule has 0 atom stereocenters. The average molecular weight is 220 g/mol. The second-order valence-corrected chi connectivity index (χ2v) is 4.36. The third-order valence-electron chi connectivity index (χ3n) is 1.95. The molecule has 1 aromatic carbocycles. The minimum absolute atomic E-state index is 0.699. The van der Waals surface area contributed by atoms with Gasteiger partial charge in [0.25, 0.3) is 0 Å². The van der Waals surface area contributed by atoms with Gasteiger partial charge in [-0.25, -0.2) is 4.98 Å². The maximum absolute atomic E-state index is 5.86. The van der Waals surface area contributed by atoms with Gasteiger partial charge in [-0.15, -0.1) is 5.10 Å². The molecule has 2 aromatic rings. The molecule has 3 N–H and O–H groups in total. The quantitative estimate of drug-likeness (QED) is 0.761. The van der Waals surface area contributed by atoms with Gasteiger partial charge in [0.1, 0.15) is 5.82 Å².